The molecule has 0 saturated heterocycles. The average molecular weight is 601 g/mol. The number of carbonyl (C=O) groups excluding carboxylic acids is 1. The van der Waals surface area contributed by atoms with Crippen molar-refractivity contribution >= 4 is 23.5 Å². The first-order chi connectivity index (χ1) is 20.1. The molecular formula is C30H31F3N4O4S. The van der Waals surface area contributed by atoms with Crippen molar-refractivity contribution in [3.63, 3.8) is 0 Å². The number of aromatic nitrogens is 2. The highest BCUT2D eigenvalue weighted by Gasteiger charge is 2.34. The lowest BCUT2D eigenvalue weighted by atomic mass is 10.1. The van der Waals surface area contributed by atoms with Crippen molar-refractivity contribution in [1.29, 1.82) is 0 Å². The number of amides is 1. The van der Waals surface area contributed by atoms with Gasteiger partial charge in [0.15, 0.2) is 28.1 Å². The van der Waals surface area contributed by atoms with Gasteiger partial charge in [-0.1, -0.05) is 48.2 Å². The lowest BCUT2D eigenvalue weighted by Gasteiger charge is -2.20. The van der Waals surface area contributed by atoms with Crippen molar-refractivity contribution in [2.45, 2.75) is 36.5 Å². The zero-order valence-corrected chi connectivity index (χ0v) is 24.4. The number of anilines is 1. The van der Waals surface area contributed by atoms with Crippen LogP contribution in [-0.2, 0) is 18.3 Å². The summed E-state index contributed by atoms with van der Waals surface area (Å²) < 4.78 is 57.3. The number of benzene rings is 2. The molecule has 1 amide bonds. The van der Waals surface area contributed by atoms with E-state index in [0.717, 1.165) is 29.0 Å². The Labute approximate surface area is 246 Å². The number of likely N-dealkylation sites (N-methyl/N-ethyl adjacent to an activating group) is 1. The molecule has 1 N–H and O–H groups in total. The Morgan fingerprint density at radius 3 is 2.45 bits per heavy atom. The summed E-state index contributed by atoms with van der Waals surface area (Å²) in [6.07, 6.45) is -4.12. The zero-order chi connectivity index (χ0) is 30.3. The fraction of sp³-hybridized carbons (Fsp3) is 0.300. The smallest absolute Gasteiger partial charge is 0.433 e. The van der Waals surface area contributed by atoms with Gasteiger partial charge in [-0.15, -0.1) is 0 Å². The Kier molecular flexibility index (Phi) is 10.00. The average Bonchev–Trinajstić information content (AvgIpc) is 3.48. The summed E-state index contributed by atoms with van der Waals surface area (Å²) in [5, 5.41) is 2.81. The van der Waals surface area contributed by atoms with Crippen LogP contribution in [0.1, 0.15) is 46.1 Å². The summed E-state index contributed by atoms with van der Waals surface area (Å²) in [7, 11) is 4.76. The van der Waals surface area contributed by atoms with Gasteiger partial charge in [-0.3, -0.25) is 4.79 Å². The second-order valence-corrected chi connectivity index (χ2v) is 10.4. The largest absolute Gasteiger partial charge is 0.493 e. The SMILES string of the molecule is COc1ccc(CCN(C)c2cc(C(F)(F)F)nc(SCc3ccc(C(=O)NC(C)c4ccccc4)o3)n2)cc1OC. The van der Waals surface area contributed by atoms with Gasteiger partial charge in [0.1, 0.15) is 11.6 Å². The van der Waals surface area contributed by atoms with Gasteiger partial charge in [0.25, 0.3) is 5.91 Å². The standard InChI is InChI=1S/C30H31F3N4O4S/c1-19(21-8-6-5-7-9-21)34-28(38)24-13-11-22(41-24)18-42-29-35-26(30(31,32)33)17-27(36-29)37(2)15-14-20-10-12-23(39-3)25(16-20)40-4/h5-13,16-17,19H,14-15,18H2,1-4H3,(H,34,38). The summed E-state index contributed by atoms with van der Waals surface area (Å²) in [4.78, 5) is 22.4. The van der Waals surface area contributed by atoms with E-state index in [0.29, 0.717) is 30.2 Å². The molecule has 1 unspecified atom stereocenters. The van der Waals surface area contributed by atoms with Gasteiger partial charge in [-0.2, -0.15) is 13.2 Å². The van der Waals surface area contributed by atoms with Crippen LogP contribution in [0.3, 0.4) is 0 Å². The Balaban J connectivity index is 1.42. The molecule has 0 aliphatic rings. The summed E-state index contributed by atoms with van der Waals surface area (Å²) in [6, 6.07) is 18.8. The number of thioether (sulfide) groups is 1. The van der Waals surface area contributed by atoms with E-state index < -0.39 is 17.8 Å². The predicted octanol–water partition coefficient (Wildman–Crippen LogP) is 6.57. The van der Waals surface area contributed by atoms with Crippen LogP contribution in [0, 0.1) is 0 Å². The molecule has 0 radical (unpaired) electrons. The first-order valence-electron chi connectivity index (χ1n) is 13.0. The minimum atomic E-state index is -4.65. The molecule has 8 nitrogen and oxygen atoms in total. The van der Waals surface area contributed by atoms with E-state index in [-0.39, 0.29) is 28.5 Å². The summed E-state index contributed by atoms with van der Waals surface area (Å²) >= 11 is 0.990. The molecule has 0 spiro atoms. The van der Waals surface area contributed by atoms with E-state index in [1.807, 2.05) is 49.4 Å². The Bertz CT molecular complexity index is 1500. The van der Waals surface area contributed by atoms with Crippen molar-refractivity contribution in [3.8, 4) is 11.5 Å². The molecule has 0 saturated carbocycles. The maximum absolute atomic E-state index is 13.7. The second-order valence-electron chi connectivity index (χ2n) is 9.41. The number of furan rings is 1. The van der Waals surface area contributed by atoms with E-state index in [2.05, 4.69) is 15.3 Å². The number of ether oxygens (including phenoxy) is 2. The fourth-order valence-electron chi connectivity index (χ4n) is 4.07. The molecule has 1 atom stereocenters. The highest BCUT2D eigenvalue weighted by Crippen LogP contribution is 2.33. The summed E-state index contributed by atoms with van der Waals surface area (Å²) in [5.74, 6) is 1.55. The lowest BCUT2D eigenvalue weighted by Crippen LogP contribution is -2.26. The third-order valence-corrected chi connectivity index (χ3v) is 7.30. The van der Waals surface area contributed by atoms with Crippen LogP contribution in [0.15, 0.2) is 76.3 Å². The van der Waals surface area contributed by atoms with E-state index >= 15 is 0 Å². The topological polar surface area (TPSA) is 89.7 Å². The number of alkyl halides is 3. The van der Waals surface area contributed by atoms with Crippen LogP contribution >= 0.6 is 11.8 Å². The summed E-state index contributed by atoms with van der Waals surface area (Å²) in [6.45, 7) is 2.26. The second kappa shape index (κ2) is 13.6. The van der Waals surface area contributed by atoms with Gasteiger partial charge in [-0.25, -0.2) is 9.97 Å². The molecular weight excluding hydrogens is 569 g/mol. The maximum Gasteiger partial charge on any atom is 0.433 e. The van der Waals surface area contributed by atoms with Crippen molar-refractivity contribution in [1.82, 2.24) is 15.3 Å². The molecule has 4 rings (SSSR count). The van der Waals surface area contributed by atoms with Crippen LogP contribution in [0.4, 0.5) is 19.0 Å². The van der Waals surface area contributed by atoms with Gasteiger partial charge >= 0.3 is 6.18 Å². The molecule has 4 aromatic rings. The minimum absolute atomic E-state index is 0.0575. The molecule has 0 fully saturated rings. The van der Waals surface area contributed by atoms with Gasteiger partial charge in [0.2, 0.25) is 0 Å². The number of methoxy groups -OCH3 is 2. The molecule has 42 heavy (non-hydrogen) atoms. The summed E-state index contributed by atoms with van der Waals surface area (Å²) in [5.41, 5.74) is 0.830. The third kappa shape index (κ3) is 7.96. The quantitative estimate of drug-likeness (QED) is 0.144. The van der Waals surface area contributed by atoms with Gasteiger partial charge in [0.05, 0.1) is 26.0 Å². The number of rotatable bonds is 12. The van der Waals surface area contributed by atoms with Crippen LogP contribution < -0.4 is 19.7 Å². The number of nitrogens with one attached hydrogen (secondary N) is 1. The highest BCUT2D eigenvalue weighted by atomic mass is 32.2. The molecule has 222 valence electrons. The Hall–Kier alpha value is -4.19. The number of hydrogen-bond donors (Lipinski definition) is 1. The van der Waals surface area contributed by atoms with Gasteiger partial charge in [-0.05, 0) is 48.7 Å². The molecule has 2 aromatic heterocycles. The van der Waals surface area contributed by atoms with Crippen molar-refractivity contribution in [2.75, 3.05) is 32.7 Å². The zero-order valence-electron chi connectivity index (χ0n) is 23.6. The van der Waals surface area contributed by atoms with Crippen LogP contribution in [0.25, 0.3) is 0 Å². The highest BCUT2D eigenvalue weighted by molar-refractivity contribution is 7.98. The Morgan fingerprint density at radius 1 is 1.02 bits per heavy atom. The predicted molar refractivity (Wildman–Crippen MR) is 154 cm³/mol. The minimum Gasteiger partial charge on any atom is -0.493 e. The molecule has 2 aromatic carbocycles. The third-order valence-electron chi connectivity index (χ3n) is 6.43. The van der Waals surface area contributed by atoms with Crippen molar-refractivity contribution in [3.05, 3.63) is 95.1 Å². The number of hydrogen-bond acceptors (Lipinski definition) is 8. The number of halogens is 3. The molecule has 12 heteroatoms. The van der Waals surface area contributed by atoms with Gasteiger partial charge in [0, 0.05) is 19.7 Å². The monoisotopic (exact) mass is 600 g/mol. The first kappa shape index (κ1) is 30.8. The number of carbonyl (C=O) groups is 1. The molecule has 0 bridgehead atoms. The van der Waals surface area contributed by atoms with Crippen LogP contribution in [0.5, 0.6) is 11.5 Å². The van der Waals surface area contributed by atoms with E-state index in [9.17, 15) is 18.0 Å². The maximum atomic E-state index is 13.7. The molecule has 0 aliphatic heterocycles. The van der Waals surface area contributed by atoms with Crippen molar-refractivity contribution < 1.29 is 31.9 Å². The fourth-order valence-corrected chi connectivity index (χ4v) is 4.82. The van der Waals surface area contributed by atoms with Crippen LogP contribution in [-0.4, -0.2) is 43.7 Å². The van der Waals surface area contributed by atoms with E-state index in [1.165, 1.54) is 13.2 Å². The lowest BCUT2D eigenvalue weighted by molar-refractivity contribution is -0.141. The first-order valence-corrected chi connectivity index (χ1v) is 14.0. The normalized spacial score (nSPS) is 12.1. The van der Waals surface area contributed by atoms with E-state index in [4.69, 9.17) is 13.9 Å². The molecule has 2 heterocycles. The Morgan fingerprint density at radius 2 is 1.76 bits per heavy atom. The van der Waals surface area contributed by atoms with Gasteiger partial charge < -0.3 is 24.1 Å². The number of nitrogens with zero attached hydrogens (tertiary/aromatic N) is 3. The van der Waals surface area contributed by atoms with Crippen molar-refractivity contribution in [2.24, 2.45) is 0 Å². The van der Waals surface area contributed by atoms with Crippen LogP contribution in [0.2, 0.25) is 0 Å². The van der Waals surface area contributed by atoms with E-state index in [1.54, 1.807) is 31.2 Å². The molecule has 0 aliphatic carbocycles.